The lowest BCUT2D eigenvalue weighted by Crippen LogP contribution is -2.44. The summed E-state index contributed by atoms with van der Waals surface area (Å²) in [5, 5.41) is 4.24. The Balaban J connectivity index is 0.000000318. The summed E-state index contributed by atoms with van der Waals surface area (Å²) in [4.78, 5) is 17.2. The normalized spacial score (nSPS) is 18.5. The Morgan fingerprint density at radius 1 is 1.18 bits per heavy atom. The van der Waals surface area contributed by atoms with Crippen molar-refractivity contribution in [3.63, 3.8) is 0 Å². The van der Waals surface area contributed by atoms with Crippen LogP contribution in [-0.4, -0.2) is 39.0 Å². The van der Waals surface area contributed by atoms with E-state index >= 15 is 0 Å². The number of aromatic nitrogens is 1. The van der Waals surface area contributed by atoms with Crippen LogP contribution in [0.15, 0.2) is 57.9 Å². The molecule has 8 nitrogen and oxygen atoms in total. The van der Waals surface area contributed by atoms with Gasteiger partial charge in [-0.2, -0.15) is 0 Å². The minimum Gasteiger partial charge on any atom is -0.768 e. The highest BCUT2D eigenvalue weighted by Crippen LogP contribution is 2.34. The van der Waals surface area contributed by atoms with E-state index in [1.54, 1.807) is 23.1 Å². The Bertz CT molecular complexity index is 1150. The summed E-state index contributed by atoms with van der Waals surface area (Å²) in [5.74, 6) is 0.432. The first-order chi connectivity index (χ1) is 15.8. The van der Waals surface area contributed by atoms with Gasteiger partial charge in [0.25, 0.3) is 0 Å². The second kappa shape index (κ2) is 9.94. The monoisotopic (exact) mass is 487 g/mol. The number of hydrogen-bond donors (Lipinski definition) is 1. The number of carbonyl (C=O) groups excluding carboxylic acids is 1. The van der Waals surface area contributed by atoms with Gasteiger partial charge in [0.05, 0.1) is 5.69 Å². The molecule has 2 aliphatic heterocycles. The molecule has 0 bridgehead atoms. The Labute approximate surface area is 199 Å². The van der Waals surface area contributed by atoms with Crippen molar-refractivity contribution in [2.45, 2.75) is 37.1 Å². The summed E-state index contributed by atoms with van der Waals surface area (Å²) >= 11 is 3.86. The topological polar surface area (TPSA) is 116 Å². The molecular weight excluding hydrogens is 464 g/mol. The number of aryl methyl sites for hydroxylation is 2. The van der Waals surface area contributed by atoms with Gasteiger partial charge >= 0.3 is 0 Å². The molecule has 1 unspecified atom stereocenters. The largest absolute Gasteiger partial charge is 0.768 e. The van der Waals surface area contributed by atoms with E-state index in [0.29, 0.717) is 12.4 Å². The number of nitrogens with two attached hydrogens (primary N) is 1. The number of halogens is 1. The van der Waals surface area contributed by atoms with E-state index < -0.39 is 11.1 Å². The molecular formula is C23H24ClN4O4S-. The highest BCUT2D eigenvalue weighted by molar-refractivity contribution is 7.79. The third-order valence-corrected chi connectivity index (χ3v) is 6.63. The first kappa shape index (κ1) is 23.3. The number of benzene rings is 2. The molecule has 33 heavy (non-hydrogen) atoms. The van der Waals surface area contributed by atoms with Gasteiger partial charge in [-0.3, -0.25) is 9.00 Å². The van der Waals surface area contributed by atoms with E-state index in [2.05, 4.69) is 14.6 Å². The molecule has 3 aromatic rings. The van der Waals surface area contributed by atoms with E-state index in [0.717, 1.165) is 47.9 Å². The van der Waals surface area contributed by atoms with Crippen molar-refractivity contribution < 1.29 is 18.1 Å². The Kier molecular flexibility index (Phi) is 7.02. The predicted octanol–water partition coefficient (Wildman–Crippen LogP) is 3.70. The van der Waals surface area contributed by atoms with E-state index in [9.17, 15) is 13.6 Å². The number of rotatable bonds is 3. The van der Waals surface area contributed by atoms with E-state index in [-0.39, 0.29) is 16.8 Å². The van der Waals surface area contributed by atoms with Gasteiger partial charge in [-0.1, -0.05) is 16.8 Å². The van der Waals surface area contributed by atoms with E-state index in [1.165, 1.54) is 17.7 Å². The smallest absolute Gasteiger partial charge is 0.249 e. The first-order valence-electron chi connectivity index (χ1n) is 10.6. The summed E-state index contributed by atoms with van der Waals surface area (Å²) in [6, 6.07) is 13.8. The average molecular weight is 488 g/mol. The number of nitrogens with zero attached hydrogens (tertiary/aromatic N) is 3. The number of fused-ring (bicyclic) bond motifs is 1. The molecule has 174 valence electrons. The molecule has 10 heteroatoms. The van der Waals surface area contributed by atoms with Crippen molar-refractivity contribution in [1.29, 1.82) is 0 Å². The van der Waals surface area contributed by atoms with Gasteiger partial charge in [-0.25, -0.2) is 0 Å². The molecule has 0 aliphatic carbocycles. The van der Waals surface area contributed by atoms with Gasteiger partial charge < -0.3 is 24.6 Å². The van der Waals surface area contributed by atoms with Crippen LogP contribution in [-0.2, 0) is 22.3 Å². The molecule has 2 aliphatic rings. The summed E-state index contributed by atoms with van der Waals surface area (Å²) in [7, 11) is 0. The molecule has 3 heterocycles. The predicted molar refractivity (Wildman–Crippen MR) is 127 cm³/mol. The van der Waals surface area contributed by atoms with Gasteiger partial charge in [0.1, 0.15) is 6.04 Å². The van der Waals surface area contributed by atoms with Crippen LogP contribution in [0.25, 0.3) is 0 Å². The van der Waals surface area contributed by atoms with Crippen LogP contribution in [0.3, 0.4) is 0 Å². The highest BCUT2D eigenvalue weighted by Gasteiger charge is 2.38. The number of carbonyl (C=O) groups is 1. The Morgan fingerprint density at radius 2 is 1.94 bits per heavy atom. The first-order valence-corrected chi connectivity index (χ1v) is 12.0. The molecule has 2 aromatic carbocycles. The summed E-state index contributed by atoms with van der Waals surface area (Å²) in [6.45, 7) is 3.30. The lowest BCUT2D eigenvalue weighted by molar-refractivity contribution is -0.118. The zero-order valence-corrected chi connectivity index (χ0v) is 19.6. The maximum absolute atomic E-state index is 13.0. The molecule has 1 aromatic heterocycles. The second-order valence-electron chi connectivity index (χ2n) is 7.96. The van der Waals surface area contributed by atoms with Crippen LogP contribution < -0.4 is 15.5 Å². The molecule has 2 N–H and O–H groups in total. The summed E-state index contributed by atoms with van der Waals surface area (Å²) in [6.07, 6.45) is 2.72. The van der Waals surface area contributed by atoms with Crippen LogP contribution in [0, 0.1) is 6.92 Å². The zero-order valence-electron chi connectivity index (χ0n) is 18.1. The zero-order chi connectivity index (χ0) is 23.5. The second-order valence-corrected chi connectivity index (χ2v) is 9.34. The van der Waals surface area contributed by atoms with Crippen LogP contribution >= 0.6 is 11.6 Å². The maximum Gasteiger partial charge on any atom is 0.249 e. The lowest BCUT2D eigenvalue weighted by Gasteiger charge is -2.35. The van der Waals surface area contributed by atoms with Crippen LogP contribution in [0.4, 0.5) is 17.3 Å². The molecule has 1 amide bonds. The molecule has 0 saturated carbocycles. The van der Waals surface area contributed by atoms with Gasteiger partial charge in [0.2, 0.25) is 11.8 Å². The standard InChI is InChI=1S/C19H19ClN2O3S.C4H6N2O/c20-14-3-8-17-13(12-14)2-1-10-22(17)18-9-11-21(19(18)23)15-4-6-16(7-5-15)26(24)25;1-3-2-4(5)7-6-3/h3-8,12,18H,1-2,9-11H2,(H,24,25);2H,5H2,1H3/p-1/t18-;/m0./s1. The van der Waals surface area contributed by atoms with E-state index in [4.69, 9.17) is 17.3 Å². The van der Waals surface area contributed by atoms with Gasteiger partial charge in [-0.15, -0.1) is 0 Å². The van der Waals surface area contributed by atoms with Crippen LogP contribution in [0.1, 0.15) is 24.1 Å². The Morgan fingerprint density at radius 3 is 2.55 bits per heavy atom. The molecule has 0 radical (unpaired) electrons. The molecule has 5 rings (SSSR count). The number of nitrogen functional groups attached to an aromatic ring is 1. The van der Waals surface area contributed by atoms with Gasteiger partial charge in [0.15, 0.2) is 0 Å². The van der Waals surface area contributed by atoms with Crippen molar-refractivity contribution in [1.82, 2.24) is 5.16 Å². The molecule has 1 saturated heterocycles. The average Bonchev–Trinajstić information content (AvgIpc) is 3.37. The van der Waals surface area contributed by atoms with Crippen molar-refractivity contribution in [3.05, 3.63) is 64.8 Å². The number of amides is 1. The van der Waals surface area contributed by atoms with Crippen molar-refractivity contribution in [2.24, 2.45) is 0 Å². The van der Waals surface area contributed by atoms with Gasteiger partial charge in [0, 0.05) is 40.4 Å². The van der Waals surface area contributed by atoms with Gasteiger partial charge in [-0.05, 0) is 85.3 Å². The van der Waals surface area contributed by atoms with Crippen molar-refractivity contribution in [3.8, 4) is 0 Å². The van der Waals surface area contributed by atoms with Crippen LogP contribution in [0.5, 0.6) is 0 Å². The fraction of sp³-hybridized carbons (Fsp3) is 0.304. The Hall–Kier alpha value is -2.88. The third kappa shape index (κ3) is 5.21. The minimum absolute atomic E-state index is 0.0591. The maximum atomic E-state index is 13.0. The van der Waals surface area contributed by atoms with Crippen LogP contribution in [0.2, 0.25) is 5.02 Å². The number of hydrogen-bond acceptors (Lipinski definition) is 7. The molecule has 1 fully saturated rings. The fourth-order valence-electron chi connectivity index (χ4n) is 4.25. The summed E-state index contributed by atoms with van der Waals surface area (Å²) in [5.41, 5.74) is 8.99. The quantitative estimate of drug-likeness (QED) is 0.560. The number of anilines is 3. The SMILES string of the molecule is Cc1cc(N)on1.O=C1[C@@H](N2CCCc3cc(Cl)ccc32)CCN1c1ccc(S(=O)[O-])cc1. The molecule has 2 atom stereocenters. The van der Waals surface area contributed by atoms with E-state index in [1.807, 2.05) is 25.1 Å². The van der Waals surface area contributed by atoms with Crippen molar-refractivity contribution >= 4 is 45.8 Å². The molecule has 0 spiro atoms. The lowest BCUT2D eigenvalue weighted by atomic mass is 9.99. The van der Waals surface area contributed by atoms with Crippen molar-refractivity contribution in [2.75, 3.05) is 28.6 Å². The fourth-order valence-corrected chi connectivity index (χ4v) is 4.80. The summed E-state index contributed by atoms with van der Waals surface area (Å²) < 4.78 is 26.5. The highest BCUT2D eigenvalue weighted by atomic mass is 35.5. The third-order valence-electron chi connectivity index (χ3n) is 5.74. The minimum atomic E-state index is -2.26.